The van der Waals surface area contributed by atoms with E-state index in [0.717, 1.165) is 17.1 Å². The second-order valence-electron chi connectivity index (χ2n) is 7.15. The minimum atomic E-state index is -2.54. The van der Waals surface area contributed by atoms with Crippen molar-refractivity contribution in [3.63, 3.8) is 0 Å². The minimum absolute atomic E-state index is 0.0149. The van der Waals surface area contributed by atoms with Gasteiger partial charge in [0.25, 0.3) is 0 Å². The number of nitrogens with one attached hydrogen (secondary N) is 1. The van der Waals surface area contributed by atoms with Crippen molar-refractivity contribution in [3.05, 3.63) is 48.0 Å². The maximum atomic E-state index is 13.4. The van der Waals surface area contributed by atoms with Crippen molar-refractivity contribution >= 4 is 5.82 Å². The fraction of sp³-hybridized carbons (Fsp3) is 0.421. The number of nitrogens with zero attached hydrogens (tertiary/aromatic N) is 5. The monoisotopic (exact) mass is 372 g/mol. The Bertz CT molecular complexity index is 877. The zero-order chi connectivity index (χ0) is 19.0. The SMILES string of the molecule is Cc1ccn(-c2cc(NC3CCC(F)(F)CC3)nc(-n3ccc(C)n3)c2)n1. The number of alkyl halides is 2. The molecule has 3 heterocycles. The summed E-state index contributed by atoms with van der Waals surface area (Å²) in [5.41, 5.74) is 2.64. The molecule has 0 unspecified atom stereocenters. The lowest BCUT2D eigenvalue weighted by Gasteiger charge is -2.29. The standard InChI is InChI=1S/C19H22F2N6/c1-13-5-9-26(24-13)16-11-17(22-15-3-7-19(20,21)8-4-15)23-18(12-16)27-10-6-14(2)25-27/h5-6,9-12,15H,3-4,7-8H2,1-2H3,(H,22,23). The van der Waals surface area contributed by atoms with E-state index in [0.29, 0.717) is 24.5 Å². The van der Waals surface area contributed by atoms with Gasteiger partial charge in [-0.05, 0) is 38.8 Å². The van der Waals surface area contributed by atoms with Gasteiger partial charge in [0.05, 0.1) is 17.1 Å². The number of rotatable bonds is 4. The van der Waals surface area contributed by atoms with E-state index in [1.165, 1.54) is 0 Å². The summed E-state index contributed by atoms with van der Waals surface area (Å²) in [7, 11) is 0. The van der Waals surface area contributed by atoms with Gasteiger partial charge >= 0.3 is 0 Å². The van der Waals surface area contributed by atoms with E-state index in [-0.39, 0.29) is 18.9 Å². The summed E-state index contributed by atoms with van der Waals surface area (Å²) in [6.07, 6.45) is 4.41. The van der Waals surface area contributed by atoms with Crippen molar-refractivity contribution in [2.75, 3.05) is 5.32 Å². The molecule has 1 aliphatic rings. The molecule has 142 valence electrons. The normalized spacial score (nSPS) is 17.2. The third-order valence-corrected chi connectivity index (χ3v) is 4.81. The molecule has 27 heavy (non-hydrogen) atoms. The first-order chi connectivity index (χ1) is 12.9. The van der Waals surface area contributed by atoms with Crippen molar-refractivity contribution in [2.24, 2.45) is 0 Å². The summed E-state index contributed by atoms with van der Waals surface area (Å²) in [5, 5.41) is 12.2. The molecule has 1 aliphatic carbocycles. The largest absolute Gasteiger partial charge is 0.367 e. The van der Waals surface area contributed by atoms with Crippen LogP contribution in [0.25, 0.3) is 11.5 Å². The van der Waals surface area contributed by atoms with E-state index in [9.17, 15) is 8.78 Å². The second-order valence-corrected chi connectivity index (χ2v) is 7.15. The molecule has 4 rings (SSSR count). The Labute approximate surface area is 156 Å². The van der Waals surface area contributed by atoms with Gasteiger partial charge in [-0.3, -0.25) is 0 Å². The van der Waals surface area contributed by atoms with Crippen LogP contribution in [-0.4, -0.2) is 36.5 Å². The molecule has 6 nitrogen and oxygen atoms in total. The summed E-state index contributed by atoms with van der Waals surface area (Å²) >= 11 is 0. The van der Waals surface area contributed by atoms with E-state index in [1.54, 1.807) is 9.36 Å². The smallest absolute Gasteiger partial charge is 0.248 e. The highest BCUT2D eigenvalue weighted by atomic mass is 19.3. The van der Waals surface area contributed by atoms with Crippen LogP contribution in [-0.2, 0) is 0 Å². The quantitative estimate of drug-likeness (QED) is 0.750. The Balaban J connectivity index is 1.66. The van der Waals surface area contributed by atoms with E-state index in [1.807, 2.05) is 50.5 Å². The Kier molecular flexibility index (Phi) is 4.41. The Morgan fingerprint density at radius 1 is 1.00 bits per heavy atom. The van der Waals surface area contributed by atoms with Crippen molar-refractivity contribution in [1.82, 2.24) is 24.5 Å². The Morgan fingerprint density at radius 2 is 1.63 bits per heavy atom. The second kappa shape index (κ2) is 6.75. The average molecular weight is 372 g/mol. The van der Waals surface area contributed by atoms with E-state index in [4.69, 9.17) is 0 Å². The number of hydrogen-bond acceptors (Lipinski definition) is 4. The number of aryl methyl sites for hydroxylation is 2. The third-order valence-electron chi connectivity index (χ3n) is 4.81. The lowest BCUT2D eigenvalue weighted by molar-refractivity contribution is -0.0361. The highest BCUT2D eigenvalue weighted by Crippen LogP contribution is 2.34. The van der Waals surface area contributed by atoms with Crippen LogP contribution in [0.5, 0.6) is 0 Å². The van der Waals surface area contributed by atoms with Gasteiger partial charge in [0.2, 0.25) is 5.92 Å². The molecule has 0 amide bonds. The lowest BCUT2D eigenvalue weighted by atomic mass is 9.92. The molecular weight excluding hydrogens is 350 g/mol. The van der Waals surface area contributed by atoms with Crippen molar-refractivity contribution in [2.45, 2.75) is 51.5 Å². The van der Waals surface area contributed by atoms with Gasteiger partial charge in [0.15, 0.2) is 5.82 Å². The Morgan fingerprint density at radius 3 is 2.22 bits per heavy atom. The van der Waals surface area contributed by atoms with Crippen LogP contribution in [0.1, 0.15) is 37.1 Å². The van der Waals surface area contributed by atoms with Crippen LogP contribution in [0.15, 0.2) is 36.7 Å². The summed E-state index contributed by atoms with van der Waals surface area (Å²) in [6, 6.07) is 7.61. The van der Waals surface area contributed by atoms with Gasteiger partial charge in [-0.15, -0.1) is 0 Å². The number of pyridine rings is 1. The molecule has 0 spiro atoms. The summed E-state index contributed by atoms with van der Waals surface area (Å²) < 4.78 is 30.3. The van der Waals surface area contributed by atoms with Gasteiger partial charge < -0.3 is 5.32 Å². The number of anilines is 1. The highest BCUT2D eigenvalue weighted by molar-refractivity contribution is 5.51. The fourth-order valence-electron chi connectivity index (χ4n) is 3.32. The van der Waals surface area contributed by atoms with E-state index < -0.39 is 5.92 Å². The maximum absolute atomic E-state index is 13.4. The number of aromatic nitrogens is 5. The van der Waals surface area contributed by atoms with Crippen LogP contribution in [0, 0.1) is 13.8 Å². The molecule has 3 aromatic heterocycles. The van der Waals surface area contributed by atoms with E-state index >= 15 is 0 Å². The van der Waals surface area contributed by atoms with Crippen LogP contribution in [0.2, 0.25) is 0 Å². The van der Waals surface area contributed by atoms with Crippen LogP contribution >= 0.6 is 0 Å². The third kappa shape index (κ3) is 3.99. The van der Waals surface area contributed by atoms with Crippen molar-refractivity contribution in [1.29, 1.82) is 0 Å². The molecule has 1 saturated carbocycles. The zero-order valence-electron chi connectivity index (χ0n) is 15.4. The van der Waals surface area contributed by atoms with Crippen molar-refractivity contribution < 1.29 is 8.78 Å². The number of halogens is 2. The van der Waals surface area contributed by atoms with Crippen LogP contribution < -0.4 is 5.32 Å². The molecule has 0 aliphatic heterocycles. The van der Waals surface area contributed by atoms with Crippen LogP contribution in [0.4, 0.5) is 14.6 Å². The first-order valence-corrected chi connectivity index (χ1v) is 9.10. The highest BCUT2D eigenvalue weighted by Gasteiger charge is 2.35. The Hall–Kier alpha value is -2.77. The van der Waals surface area contributed by atoms with Gasteiger partial charge in [-0.2, -0.15) is 10.2 Å². The fourth-order valence-corrected chi connectivity index (χ4v) is 3.32. The summed E-state index contributed by atoms with van der Waals surface area (Å²) in [4.78, 5) is 4.64. The van der Waals surface area contributed by atoms with Gasteiger partial charge in [-0.1, -0.05) is 0 Å². The molecule has 0 atom stereocenters. The summed E-state index contributed by atoms with van der Waals surface area (Å²) in [5.74, 6) is -1.26. The molecule has 3 aromatic rings. The van der Waals surface area contributed by atoms with Crippen molar-refractivity contribution in [3.8, 4) is 11.5 Å². The maximum Gasteiger partial charge on any atom is 0.248 e. The predicted molar refractivity (Wildman–Crippen MR) is 98.8 cm³/mol. The van der Waals surface area contributed by atoms with E-state index in [2.05, 4.69) is 20.5 Å². The van der Waals surface area contributed by atoms with Gasteiger partial charge in [-0.25, -0.2) is 23.1 Å². The predicted octanol–water partition coefficient (Wildman–Crippen LogP) is 4.06. The molecule has 8 heteroatoms. The first-order valence-electron chi connectivity index (χ1n) is 9.10. The lowest BCUT2D eigenvalue weighted by Crippen LogP contribution is -2.32. The molecule has 1 N–H and O–H groups in total. The van der Waals surface area contributed by atoms with Crippen LogP contribution in [0.3, 0.4) is 0 Å². The van der Waals surface area contributed by atoms with Gasteiger partial charge in [0.1, 0.15) is 5.82 Å². The topological polar surface area (TPSA) is 60.6 Å². The van der Waals surface area contributed by atoms with Gasteiger partial charge in [0, 0.05) is 43.4 Å². The molecule has 0 aromatic carbocycles. The molecule has 0 bridgehead atoms. The zero-order valence-corrected chi connectivity index (χ0v) is 15.4. The number of hydrogen-bond donors (Lipinski definition) is 1. The average Bonchev–Trinajstić information content (AvgIpc) is 3.25. The molecule has 0 saturated heterocycles. The molecule has 0 radical (unpaired) electrons. The molecular formula is C19H22F2N6. The first kappa shape index (κ1) is 17.6. The summed E-state index contributed by atoms with van der Waals surface area (Å²) in [6.45, 7) is 3.84. The minimum Gasteiger partial charge on any atom is -0.367 e. The molecule has 1 fully saturated rings.